The van der Waals surface area contributed by atoms with Gasteiger partial charge in [0.1, 0.15) is 0 Å². The largest absolute Gasteiger partial charge is 0.300 e. The highest BCUT2D eigenvalue weighted by molar-refractivity contribution is 5.36. The van der Waals surface area contributed by atoms with E-state index in [0.717, 1.165) is 0 Å². The van der Waals surface area contributed by atoms with Gasteiger partial charge in [0, 0.05) is 0 Å². The van der Waals surface area contributed by atoms with E-state index >= 15 is 0 Å². The van der Waals surface area contributed by atoms with Crippen molar-refractivity contribution < 1.29 is 4.84 Å². The molecule has 0 aromatic heterocycles. The number of hydrogen-bond donors (Lipinski definition) is 1. The number of fused-ring (bicyclic) bond motifs is 1. The SMILES string of the molecule is NOCc1cccc2c1CCCC2. The molecule has 0 atom stereocenters. The van der Waals surface area contributed by atoms with Gasteiger partial charge in [0.2, 0.25) is 0 Å². The minimum atomic E-state index is 0.545. The van der Waals surface area contributed by atoms with Crippen molar-refractivity contribution >= 4 is 0 Å². The molecule has 2 nitrogen and oxygen atoms in total. The Hall–Kier alpha value is -0.860. The third-order valence-corrected chi connectivity index (χ3v) is 2.73. The van der Waals surface area contributed by atoms with Gasteiger partial charge in [-0.2, -0.15) is 0 Å². The van der Waals surface area contributed by atoms with Gasteiger partial charge < -0.3 is 0 Å². The van der Waals surface area contributed by atoms with E-state index in [1.54, 1.807) is 0 Å². The van der Waals surface area contributed by atoms with E-state index in [9.17, 15) is 0 Å². The quantitative estimate of drug-likeness (QED) is 0.701. The Morgan fingerprint density at radius 1 is 1.23 bits per heavy atom. The molecule has 0 aliphatic heterocycles. The van der Waals surface area contributed by atoms with Crippen molar-refractivity contribution in [3.8, 4) is 0 Å². The Labute approximate surface area is 78.7 Å². The second-order valence-electron chi connectivity index (χ2n) is 3.57. The van der Waals surface area contributed by atoms with Crippen molar-refractivity contribution in [3.05, 3.63) is 34.9 Å². The molecule has 0 spiro atoms. The number of benzene rings is 1. The average molecular weight is 177 g/mol. The molecule has 2 heteroatoms. The molecule has 0 radical (unpaired) electrons. The first-order chi connectivity index (χ1) is 6.42. The summed E-state index contributed by atoms with van der Waals surface area (Å²) in [6.07, 6.45) is 5.02. The predicted molar refractivity (Wildman–Crippen MR) is 52.1 cm³/mol. The van der Waals surface area contributed by atoms with Gasteiger partial charge in [0.25, 0.3) is 0 Å². The summed E-state index contributed by atoms with van der Waals surface area (Å²) in [6.45, 7) is 0.545. The monoisotopic (exact) mass is 177 g/mol. The van der Waals surface area contributed by atoms with Gasteiger partial charge in [-0.15, -0.1) is 0 Å². The third-order valence-electron chi connectivity index (χ3n) is 2.73. The van der Waals surface area contributed by atoms with Crippen LogP contribution in [0.25, 0.3) is 0 Å². The topological polar surface area (TPSA) is 35.2 Å². The van der Waals surface area contributed by atoms with Crippen LogP contribution in [0.5, 0.6) is 0 Å². The van der Waals surface area contributed by atoms with E-state index < -0.39 is 0 Å². The van der Waals surface area contributed by atoms with Crippen molar-refractivity contribution in [1.29, 1.82) is 0 Å². The van der Waals surface area contributed by atoms with Crippen molar-refractivity contribution in [2.45, 2.75) is 32.3 Å². The molecule has 1 aliphatic carbocycles. The Morgan fingerprint density at radius 3 is 2.92 bits per heavy atom. The lowest BCUT2D eigenvalue weighted by Crippen LogP contribution is -2.08. The lowest BCUT2D eigenvalue weighted by atomic mass is 9.88. The molecule has 0 amide bonds. The fourth-order valence-electron chi connectivity index (χ4n) is 2.09. The van der Waals surface area contributed by atoms with Crippen LogP contribution < -0.4 is 5.90 Å². The van der Waals surface area contributed by atoms with E-state index in [0.29, 0.717) is 6.61 Å². The molecule has 0 saturated carbocycles. The van der Waals surface area contributed by atoms with Crippen LogP contribution in [0.3, 0.4) is 0 Å². The van der Waals surface area contributed by atoms with Crippen molar-refractivity contribution in [2.24, 2.45) is 5.90 Å². The normalized spacial score (nSPS) is 15.5. The minimum Gasteiger partial charge on any atom is -0.300 e. The molecule has 13 heavy (non-hydrogen) atoms. The van der Waals surface area contributed by atoms with E-state index in [-0.39, 0.29) is 0 Å². The Balaban J connectivity index is 2.34. The maximum atomic E-state index is 5.09. The zero-order valence-corrected chi connectivity index (χ0v) is 7.75. The second kappa shape index (κ2) is 3.90. The van der Waals surface area contributed by atoms with E-state index in [2.05, 4.69) is 18.2 Å². The predicted octanol–water partition coefficient (Wildman–Crippen LogP) is 1.96. The molecule has 0 fully saturated rings. The third kappa shape index (κ3) is 1.74. The zero-order valence-electron chi connectivity index (χ0n) is 7.75. The maximum Gasteiger partial charge on any atom is 0.0932 e. The Kier molecular flexibility index (Phi) is 2.62. The van der Waals surface area contributed by atoms with Gasteiger partial charge >= 0.3 is 0 Å². The molecule has 0 heterocycles. The lowest BCUT2D eigenvalue weighted by molar-refractivity contribution is 0.123. The highest BCUT2D eigenvalue weighted by Crippen LogP contribution is 2.24. The molecule has 1 aliphatic rings. The second-order valence-corrected chi connectivity index (χ2v) is 3.57. The van der Waals surface area contributed by atoms with Gasteiger partial charge in [0.15, 0.2) is 0 Å². The van der Waals surface area contributed by atoms with Crippen LogP contribution in [0.1, 0.15) is 29.5 Å². The summed E-state index contributed by atoms with van der Waals surface area (Å²) in [4.78, 5) is 4.69. The summed E-state index contributed by atoms with van der Waals surface area (Å²) in [7, 11) is 0. The van der Waals surface area contributed by atoms with Crippen LogP contribution in [0, 0.1) is 0 Å². The van der Waals surface area contributed by atoms with Crippen molar-refractivity contribution in [3.63, 3.8) is 0 Å². The summed E-state index contributed by atoms with van der Waals surface area (Å²) >= 11 is 0. The van der Waals surface area contributed by atoms with Crippen LogP contribution in [0.15, 0.2) is 18.2 Å². The first kappa shape index (κ1) is 8.73. The number of aryl methyl sites for hydroxylation is 1. The molecule has 2 rings (SSSR count). The van der Waals surface area contributed by atoms with Crippen LogP contribution in [-0.4, -0.2) is 0 Å². The van der Waals surface area contributed by atoms with E-state index in [1.165, 1.54) is 42.4 Å². The smallest absolute Gasteiger partial charge is 0.0932 e. The van der Waals surface area contributed by atoms with Gasteiger partial charge in [0.05, 0.1) is 6.61 Å². The summed E-state index contributed by atoms with van der Waals surface area (Å²) < 4.78 is 0. The highest BCUT2D eigenvalue weighted by Gasteiger charge is 2.11. The molecular weight excluding hydrogens is 162 g/mol. The number of hydrogen-bond acceptors (Lipinski definition) is 2. The van der Waals surface area contributed by atoms with Crippen molar-refractivity contribution in [2.75, 3.05) is 0 Å². The minimum absolute atomic E-state index is 0.545. The lowest BCUT2D eigenvalue weighted by Gasteiger charge is -2.18. The summed E-state index contributed by atoms with van der Waals surface area (Å²) in [5.74, 6) is 5.09. The Morgan fingerprint density at radius 2 is 2.08 bits per heavy atom. The molecule has 0 bridgehead atoms. The highest BCUT2D eigenvalue weighted by atomic mass is 16.6. The molecular formula is C11H15NO. The molecule has 70 valence electrons. The van der Waals surface area contributed by atoms with E-state index in [1.807, 2.05) is 0 Å². The molecule has 1 aromatic carbocycles. The summed E-state index contributed by atoms with van der Waals surface area (Å²) in [6, 6.07) is 6.42. The van der Waals surface area contributed by atoms with Gasteiger partial charge in [-0.3, -0.25) is 4.84 Å². The fourth-order valence-corrected chi connectivity index (χ4v) is 2.09. The first-order valence-corrected chi connectivity index (χ1v) is 4.83. The van der Waals surface area contributed by atoms with Crippen LogP contribution in [0.4, 0.5) is 0 Å². The molecule has 0 saturated heterocycles. The molecule has 1 aromatic rings. The van der Waals surface area contributed by atoms with Crippen LogP contribution >= 0.6 is 0 Å². The van der Waals surface area contributed by atoms with Crippen LogP contribution in [-0.2, 0) is 24.3 Å². The first-order valence-electron chi connectivity index (χ1n) is 4.83. The maximum absolute atomic E-state index is 5.09. The fraction of sp³-hybridized carbons (Fsp3) is 0.455. The van der Waals surface area contributed by atoms with Crippen molar-refractivity contribution in [1.82, 2.24) is 0 Å². The Bertz CT molecular complexity index is 296. The standard InChI is InChI=1S/C11H15NO/c12-13-8-10-6-3-5-9-4-1-2-7-11(9)10/h3,5-6H,1-2,4,7-8,12H2. The van der Waals surface area contributed by atoms with Gasteiger partial charge in [-0.1, -0.05) is 18.2 Å². The zero-order chi connectivity index (χ0) is 9.10. The molecule has 2 N–H and O–H groups in total. The van der Waals surface area contributed by atoms with E-state index in [4.69, 9.17) is 10.7 Å². The van der Waals surface area contributed by atoms with Crippen LogP contribution in [0.2, 0.25) is 0 Å². The average Bonchev–Trinajstić information content (AvgIpc) is 2.19. The number of rotatable bonds is 2. The van der Waals surface area contributed by atoms with Gasteiger partial charge in [-0.05, 0) is 42.4 Å². The van der Waals surface area contributed by atoms with Gasteiger partial charge in [-0.25, -0.2) is 5.90 Å². The molecule has 0 unspecified atom stereocenters. The summed E-state index contributed by atoms with van der Waals surface area (Å²) in [5, 5.41) is 0. The summed E-state index contributed by atoms with van der Waals surface area (Å²) in [5.41, 5.74) is 4.22. The number of nitrogens with two attached hydrogens (primary N) is 1.